The number of benzene rings is 1. The van der Waals surface area contributed by atoms with Crippen molar-refractivity contribution in [1.82, 2.24) is 5.32 Å². The molecule has 0 aliphatic heterocycles. The van der Waals surface area contributed by atoms with E-state index >= 15 is 0 Å². The summed E-state index contributed by atoms with van der Waals surface area (Å²) >= 11 is 6.03. The predicted molar refractivity (Wildman–Crippen MR) is 66.4 cm³/mol. The molecular formula is C12H18ClNO2. The Morgan fingerprint density at radius 1 is 1.25 bits per heavy atom. The van der Waals surface area contributed by atoms with Crippen molar-refractivity contribution in [3.8, 4) is 5.75 Å². The summed E-state index contributed by atoms with van der Waals surface area (Å²) in [6, 6.07) is 5.78. The second-order valence-electron chi connectivity index (χ2n) is 3.53. The molecule has 0 aromatic heterocycles. The molecule has 0 saturated carbocycles. The topological polar surface area (TPSA) is 30.5 Å². The predicted octanol–water partition coefficient (Wildman–Crippen LogP) is 2.26. The maximum absolute atomic E-state index is 6.03. The van der Waals surface area contributed by atoms with Gasteiger partial charge in [0.1, 0.15) is 12.4 Å². The average Bonchev–Trinajstić information content (AvgIpc) is 2.26. The maximum atomic E-state index is 6.03. The van der Waals surface area contributed by atoms with Crippen LogP contribution in [0.5, 0.6) is 5.75 Å². The minimum atomic E-state index is 0.604. The quantitative estimate of drug-likeness (QED) is 0.746. The van der Waals surface area contributed by atoms with Gasteiger partial charge in [-0.1, -0.05) is 17.7 Å². The van der Waals surface area contributed by atoms with Crippen LogP contribution in [-0.2, 0) is 4.74 Å². The molecule has 0 fully saturated rings. The fraction of sp³-hybridized carbons (Fsp3) is 0.500. The standard InChI is InChI=1S/C12H18ClNO2/c1-10-3-4-12(11(13)9-10)16-8-6-14-5-7-15-2/h3-4,9,14H,5-8H2,1-2H3. The Hall–Kier alpha value is -0.770. The lowest BCUT2D eigenvalue weighted by Gasteiger charge is -2.09. The van der Waals surface area contributed by atoms with E-state index in [-0.39, 0.29) is 0 Å². The molecule has 0 heterocycles. The number of nitrogens with one attached hydrogen (secondary N) is 1. The molecule has 0 atom stereocenters. The van der Waals surface area contributed by atoms with Crippen molar-refractivity contribution in [3.63, 3.8) is 0 Å². The Bertz CT molecular complexity index is 318. The number of hydrogen-bond acceptors (Lipinski definition) is 3. The van der Waals surface area contributed by atoms with E-state index in [1.165, 1.54) is 0 Å². The molecule has 16 heavy (non-hydrogen) atoms. The fourth-order valence-corrected chi connectivity index (χ4v) is 1.54. The van der Waals surface area contributed by atoms with Crippen molar-refractivity contribution in [2.45, 2.75) is 6.92 Å². The molecule has 0 saturated heterocycles. The third-order valence-electron chi connectivity index (χ3n) is 2.11. The number of hydrogen-bond donors (Lipinski definition) is 1. The van der Waals surface area contributed by atoms with Crippen LogP contribution < -0.4 is 10.1 Å². The summed E-state index contributed by atoms with van der Waals surface area (Å²) in [6.45, 7) is 4.94. The zero-order chi connectivity index (χ0) is 11.8. The van der Waals surface area contributed by atoms with Crippen LogP contribution in [0.15, 0.2) is 18.2 Å². The van der Waals surface area contributed by atoms with Crippen molar-refractivity contribution >= 4 is 11.6 Å². The van der Waals surface area contributed by atoms with Gasteiger partial charge in [-0.25, -0.2) is 0 Å². The van der Waals surface area contributed by atoms with E-state index in [0.29, 0.717) is 18.2 Å². The van der Waals surface area contributed by atoms with Gasteiger partial charge in [0.05, 0.1) is 11.6 Å². The second kappa shape index (κ2) is 7.49. The van der Waals surface area contributed by atoms with Gasteiger partial charge in [-0.15, -0.1) is 0 Å². The Labute approximate surface area is 102 Å². The summed E-state index contributed by atoms with van der Waals surface area (Å²) in [5.41, 5.74) is 1.13. The fourth-order valence-electron chi connectivity index (χ4n) is 1.26. The molecular weight excluding hydrogens is 226 g/mol. The summed E-state index contributed by atoms with van der Waals surface area (Å²) in [4.78, 5) is 0. The van der Waals surface area contributed by atoms with Crippen molar-refractivity contribution in [1.29, 1.82) is 0 Å². The van der Waals surface area contributed by atoms with Gasteiger partial charge in [-0.05, 0) is 24.6 Å². The lowest BCUT2D eigenvalue weighted by Crippen LogP contribution is -2.24. The minimum Gasteiger partial charge on any atom is -0.491 e. The molecule has 0 aliphatic carbocycles. The van der Waals surface area contributed by atoms with E-state index in [1.807, 2.05) is 25.1 Å². The molecule has 0 radical (unpaired) electrons. The van der Waals surface area contributed by atoms with Gasteiger partial charge in [0.15, 0.2) is 0 Å². The van der Waals surface area contributed by atoms with Gasteiger partial charge in [0.2, 0.25) is 0 Å². The first kappa shape index (κ1) is 13.3. The number of rotatable bonds is 7. The summed E-state index contributed by atoms with van der Waals surface area (Å²) in [7, 11) is 1.68. The average molecular weight is 244 g/mol. The van der Waals surface area contributed by atoms with Gasteiger partial charge < -0.3 is 14.8 Å². The first-order chi connectivity index (χ1) is 7.74. The molecule has 1 aromatic carbocycles. The lowest BCUT2D eigenvalue weighted by atomic mass is 10.2. The van der Waals surface area contributed by atoms with Gasteiger partial charge in [0.25, 0.3) is 0 Å². The smallest absolute Gasteiger partial charge is 0.137 e. The number of ether oxygens (including phenoxy) is 2. The minimum absolute atomic E-state index is 0.604. The Morgan fingerprint density at radius 2 is 2.00 bits per heavy atom. The zero-order valence-corrected chi connectivity index (χ0v) is 10.5. The Morgan fingerprint density at radius 3 is 2.69 bits per heavy atom. The molecule has 1 aromatic rings. The van der Waals surface area contributed by atoms with Crippen molar-refractivity contribution in [2.75, 3.05) is 33.4 Å². The van der Waals surface area contributed by atoms with Gasteiger partial charge in [-0.3, -0.25) is 0 Å². The van der Waals surface area contributed by atoms with Gasteiger partial charge in [0, 0.05) is 20.2 Å². The highest BCUT2D eigenvalue weighted by Gasteiger charge is 2.00. The van der Waals surface area contributed by atoms with Crippen LogP contribution in [0.2, 0.25) is 5.02 Å². The van der Waals surface area contributed by atoms with Crippen LogP contribution in [0.3, 0.4) is 0 Å². The van der Waals surface area contributed by atoms with Gasteiger partial charge in [-0.2, -0.15) is 0 Å². The Balaban J connectivity index is 2.21. The molecule has 0 bridgehead atoms. The third kappa shape index (κ3) is 4.84. The molecule has 0 aliphatic rings. The van der Waals surface area contributed by atoms with Crippen LogP contribution in [0, 0.1) is 6.92 Å². The maximum Gasteiger partial charge on any atom is 0.137 e. The Kier molecular flexibility index (Phi) is 6.23. The highest BCUT2D eigenvalue weighted by Crippen LogP contribution is 2.24. The van der Waals surface area contributed by atoms with Crippen molar-refractivity contribution < 1.29 is 9.47 Å². The zero-order valence-electron chi connectivity index (χ0n) is 9.75. The largest absolute Gasteiger partial charge is 0.491 e. The van der Waals surface area contributed by atoms with E-state index in [4.69, 9.17) is 21.1 Å². The van der Waals surface area contributed by atoms with E-state index in [0.717, 1.165) is 24.4 Å². The number of aryl methyl sites for hydroxylation is 1. The van der Waals surface area contributed by atoms with Crippen LogP contribution in [-0.4, -0.2) is 33.4 Å². The monoisotopic (exact) mass is 243 g/mol. The normalized spacial score (nSPS) is 10.4. The summed E-state index contributed by atoms with van der Waals surface area (Å²) < 4.78 is 10.5. The first-order valence-electron chi connectivity index (χ1n) is 5.32. The second-order valence-corrected chi connectivity index (χ2v) is 3.93. The number of methoxy groups -OCH3 is 1. The van der Waals surface area contributed by atoms with E-state index < -0.39 is 0 Å². The lowest BCUT2D eigenvalue weighted by molar-refractivity contribution is 0.197. The van der Waals surface area contributed by atoms with Crippen molar-refractivity contribution in [2.24, 2.45) is 0 Å². The van der Waals surface area contributed by atoms with Gasteiger partial charge >= 0.3 is 0 Å². The molecule has 3 nitrogen and oxygen atoms in total. The van der Waals surface area contributed by atoms with E-state index in [1.54, 1.807) is 7.11 Å². The highest BCUT2D eigenvalue weighted by atomic mass is 35.5. The highest BCUT2D eigenvalue weighted by molar-refractivity contribution is 6.32. The molecule has 0 unspecified atom stereocenters. The van der Waals surface area contributed by atoms with E-state index in [9.17, 15) is 0 Å². The first-order valence-corrected chi connectivity index (χ1v) is 5.70. The van der Waals surface area contributed by atoms with Crippen LogP contribution in [0.1, 0.15) is 5.56 Å². The van der Waals surface area contributed by atoms with Crippen LogP contribution in [0.4, 0.5) is 0 Å². The molecule has 1 N–H and O–H groups in total. The number of halogens is 1. The molecule has 1 rings (SSSR count). The summed E-state index contributed by atoms with van der Waals surface area (Å²) in [6.07, 6.45) is 0. The molecule has 4 heteroatoms. The van der Waals surface area contributed by atoms with Crippen LogP contribution >= 0.6 is 11.6 Å². The molecule has 0 spiro atoms. The van der Waals surface area contributed by atoms with E-state index in [2.05, 4.69) is 5.32 Å². The molecule has 90 valence electrons. The SMILES string of the molecule is COCCNCCOc1ccc(C)cc1Cl. The van der Waals surface area contributed by atoms with Crippen molar-refractivity contribution in [3.05, 3.63) is 28.8 Å². The summed E-state index contributed by atoms with van der Waals surface area (Å²) in [5.74, 6) is 0.737. The third-order valence-corrected chi connectivity index (χ3v) is 2.40. The van der Waals surface area contributed by atoms with Crippen LogP contribution in [0.25, 0.3) is 0 Å². The molecule has 0 amide bonds. The summed E-state index contributed by atoms with van der Waals surface area (Å²) in [5, 5.41) is 3.86.